The lowest BCUT2D eigenvalue weighted by atomic mass is 9.99. The maximum Gasteiger partial charge on any atom is 0.573 e. The van der Waals surface area contributed by atoms with Crippen LogP contribution in [-0.2, 0) is 0 Å². The van der Waals surface area contributed by atoms with Gasteiger partial charge in [-0.15, -0.1) is 26.3 Å². The van der Waals surface area contributed by atoms with Crippen molar-refractivity contribution in [1.29, 1.82) is 0 Å². The maximum atomic E-state index is 12.5. The van der Waals surface area contributed by atoms with Gasteiger partial charge in [-0.05, 0) is 42.0 Å². The van der Waals surface area contributed by atoms with E-state index in [2.05, 4.69) is 14.5 Å². The van der Waals surface area contributed by atoms with E-state index in [1.807, 2.05) is 0 Å². The molecule has 0 spiro atoms. The predicted molar refractivity (Wildman–Crippen MR) is 93.5 cm³/mol. The molecule has 0 aliphatic rings. The molecule has 0 aliphatic carbocycles. The molecule has 3 nitrogen and oxygen atoms in total. The molecule has 0 N–H and O–H groups in total. The number of nitrogens with zero attached hydrogens (tertiary/aromatic N) is 1. The number of hydrogen-bond acceptors (Lipinski definition) is 3. The number of hydrogen-bond donors (Lipinski definition) is 0. The summed E-state index contributed by atoms with van der Waals surface area (Å²) in [5.74, 6) is -0.929. The van der Waals surface area contributed by atoms with Crippen molar-refractivity contribution in [3.8, 4) is 33.9 Å². The zero-order valence-corrected chi connectivity index (χ0v) is 14.9. The average Bonchev–Trinajstić information content (AvgIpc) is 2.59. The van der Waals surface area contributed by atoms with E-state index < -0.39 is 24.2 Å². The fourth-order valence-electron chi connectivity index (χ4n) is 2.59. The molecule has 2 aromatic carbocycles. The highest BCUT2D eigenvalue weighted by molar-refractivity contribution is 6.29. The first kappa shape index (κ1) is 20.8. The lowest BCUT2D eigenvalue weighted by Gasteiger charge is -2.14. The third-order valence-corrected chi connectivity index (χ3v) is 3.79. The summed E-state index contributed by atoms with van der Waals surface area (Å²) >= 11 is 5.92. The van der Waals surface area contributed by atoms with Gasteiger partial charge in [0.1, 0.15) is 16.7 Å². The Morgan fingerprint density at radius 2 is 1.21 bits per heavy atom. The summed E-state index contributed by atoms with van der Waals surface area (Å²) in [6.45, 7) is 0. The molecule has 3 aromatic rings. The van der Waals surface area contributed by atoms with Crippen LogP contribution in [0.3, 0.4) is 0 Å². The molecule has 1 heterocycles. The van der Waals surface area contributed by atoms with Crippen LogP contribution >= 0.6 is 11.6 Å². The summed E-state index contributed by atoms with van der Waals surface area (Å²) in [5, 5.41) is 0.0496. The first-order valence-corrected chi connectivity index (χ1v) is 8.27. The second kappa shape index (κ2) is 7.82. The first-order chi connectivity index (χ1) is 13.5. The van der Waals surface area contributed by atoms with Crippen molar-refractivity contribution < 1.29 is 35.8 Å². The SMILES string of the molecule is FC(F)(F)Oc1cccc(-c2ccc(Cl)nc2-c2cccc(OC(F)(F)F)c2)c1. The van der Waals surface area contributed by atoms with E-state index in [-0.39, 0.29) is 16.4 Å². The van der Waals surface area contributed by atoms with E-state index in [0.717, 1.165) is 24.3 Å². The van der Waals surface area contributed by atoms with Crippen molar-refractivity contribution in [2.24, 2.45) is 0 Å². The fraction of sp³-hybridized carbons (Fsp3) is 0.105. The quantitative estimate of drug-likeness (QED) is 0.332. The van der Waals surface area contributed by atoms with Crippen LogP contribution in [0.5, 0.6) is 11.5 Å². The number of rotatable bonds is 4. The van der Waals surface area contributed by atoms with Crippen molar-refractivity contribution in [2.75, 3.05) is 0 Å². The molecule has 0 saturated carbocycles. The highest BCUT2D eigenvalue weighted by Gasteiger charge is 2.32. The van der Waals surface area contributed by atoms with E-state index in [9.17, 15) is 26.3 Å². The van der Waals surface area contributed by atoms with Crippen LogP contribution in [0.25, 0.3) is 22.4 Å². The Labute approximate surface area is 165 Å². The molecule has 0 fully saturated rings. The third-order valence-electron chi connectivity index (χ3n) is 3.58. The van der Waals surface area contributed by atoms with Gasteiger partial charge >= 0.3 is 12.7 Å². The van der Waals surface area contributed by atoms with E-state index in [4.69, 9.17) is 11.6 Å². The molecular weight excluding hydrogens is 424 g/mol. The molecule has 10 heteroatoms. The lowest BCUT2D eigenvalue weighted by molar-refractivity contribution is -0.275. The molecule has 0 bridgehead atoms. The van der Waals surface area contributed by atoms with Gasteiger partial charge in [-0.25, -0.2) is 4.98 Å². The van der Waals surface area contributed by atoms with Crippen molar-refractivity contribution in [2.45, 2.75) is 12.7 Å². The molecule has 152 valence electrons. The van der Waals surface area contributed by atoms with Crippen LogP contribution in [0.2, 0.25) is 5.15 Å². The molecule has 0 unspecified atom stereocenters. The normalized spacial score (nSPS) is 12.0. The van der Waals surface area contributed by atoms with Gasteiger partial charge in [0.15, 0.2) is 0 Å². The zero-order valence-electron chi connectivity index (χ0n) is 14.2. The molecule has 3 rings (SSSR count). The largest absolute Gasteiger partial charge is 0.573 e. The van der Waals surface area contributed by atoms with Crippen LogP contribution in [0, 0.1) is 0 Å². The molecule has 0 aliphatic heterocycles. The summed E-state index contributed by atoms with van der Waals surface area (Å²) in [4.78, 5) is 4.13. The predicted octanol–water partition coefficient (Wildman–Crippen LogP) is 6.87. The molecular formula is C19H10ClF6NO2. The van der Waals surface area contributed by atoms with Crippen molar-refractivity contribution in [1.82, 2.24) is 4.98 Å². The Hall–Kier alpha value is -2.94. The fourth-order valence-corrected chi connectivity index (χ4v) is 2.74. The van der Waals surface area contributed by atoms with E-state index in [1.54, 1.807) is 0 Å². The first-order valence-electron chi connectivity index (χ1n) is 7.89. The zero-order chi connectivity index (χ0) is 21.2. The van der Waals surface area contributed by atoms with E-state index >= 15 is 0 Å². The van der Waals surface area contributed by atoms with Gasteiger partial charge in [-0.3, -0.25) is 0 Å². The molecule has 0 amide bonds. The van der Waals surface area contributed by atoms with Crippen LogP contribution in [0.1, 0.15) is 0 Å². The van der Waals surface area contributed by atoms with Crippen LogP contribution in [-0.4, -0.2) is 17.7 Å². The minimum absolute atomic E-state index is 0.0496. The smallest absolute Gasteiger partial charge is 0.406 e. The number of aromatic nitrogens is 1. The second-order valence-electron chi connectivity index (χ2n) is 5.68. The molecule has 0 saturated heterocycles. The molecule has 0 radical (unpaired) electrons. The Morgan fingerprint density at radius 3 is 1.76 bits per heavy atom. The second-order valence-corrected chi connectivity index (χ2v) is 6.07. The van der Waals surface area contributed by atoms with E-state index in [0.29, 0.717) is 11.1 Å². The average molecular weight is 434 g/mol. The minimum Gasteiger partial charge on any atom is -0.406 e. The summed E-state index contributed by atoms with van der Waals surface area (Å²) < 4.78 is 82.8. The molecule has 0 atom stereocenters. The van der Waals surface area contributed by atoms with Gasteiger partial charge in [0.05, 0.1) is 5.69 Å². The third kappa shape index (κ3) is 5.77. The van der Waals surface area contributed by atoms with Gasteiger partial charge in [0, 0.05) is 11.1 Å². The van der Waals surface area contributed by atoms with Crippen LogP contribution in [0.4, 0.5) is 26.3 Å². The van der Waals surface area contributed by atoms with Crippen molar-refractivity contribution in [3.63, 3.8) is 0 Å². The number of ether oxygens (including phenoxy) is 2. The van der Waals surface area contributed by atoms with E-state index in [1.165, 1.54) is 36.4 Å². The summed E-state index contributed by atoms with van der Waals surface area (Å²) in [6.07, 6.45) is -9.75. The van der Waals surface area contributed by atoms with Crippen molar-refractivity contribution >= 4 is 11.6 Å². The van der Waals surface area contributed by atoms with Crippen LogP contribution < -0.4 is 9.47 Å². The van der Waals surface area contributed by atoms with Crippen molar-refractivity contribution in [3.05, 3.63) is 65.8 Å². The summed E-state index contributed by atoms with van der Waals surface area (Å²) in [5.41, 5.74) is 1.03. The topological polar surface area (TPSA) is 31.4 Å². The monoisotopic (exact) mass is 433 g/mol. The molecule has 1 aromatic heterocycles. The molecule has 29 heavy (non-hydrogen) atoms. The number of halogens is 7. The highest BCUT2D eigenvalue weighted by atomic mass is 35.5. The van der Waals surface area contributed by atoms with Crippen LogP contribution in [0.15, 0.2) is 60.7 Å². The number of alkyl halides is 6. The van der Waals surface area contributed by atoms with Gasteiger partial charge in [-0.1, -0.05) is 35.9 Å². The number of benzene rings is 2. The van der Waals surface area contributed by atoms with Gasteiger partial charge in [-0.2, -0.15) is 0 Å². The van der Waals surface area contributed by atoms with Gasteiger partial charge < -0.3 is 9.47 Å². The lowest BCUT2D eigenvalue weighted by Crippen LogP contribution is -2.17. The minimum atomic E-state index is -4.88. The Morgan fingerprint density at radius 1 is 0.690 bits per heavy atom. The Balaban J connectivity index is 2.06. The standard InChI is InChI=1S/C19H10ClF6NO2/c20-16-8-7-15(11-3-1-5-13(9-11)28-18(21,22)23)17(27-16)12-4-2-6-14(10-12)29-19(24,25)26/h1-10H. The highest BCUT2D eigenvalue weighted by Crippen LogP contribution is 2.36. The maximum absolute atomic E-state index is 12.5. The van der Waals surface area contributed by atoms with Gasteiger partial charge in [0.2, 0.25) is 0 Å². The summed E-state index contributed by atoms with van der Waals surface area (Å²) in [7, 11) is 0. The summed E-state index contributed by atoms with van der Waals surface area (Å²) in [6, 6.07) is 13.0. The van der Waals surface area contributed by atoms with Gasteiger partial charge in [0.25, 0.3) is 0 Å². The Bertz CT molecular complexity index is 1020. The Kier molecular flexibility index (Phi) is 5.61. The number of pyridine rings is 1.